The van der Waals surface area contributed by atoms with Crippen molar-refractivity contribution in [1.82, 2.24) is 19.5 Å². The number of ether oxygens (including phenoxy) is 3. The SMILES string of the molecule is Nc1ncnc2c1ncn2[C@@H]1O[C@H](COP(=O)(O)O)[C@H]2OC3(O[C@H]21)C([N+](=O)[O-])=CC([N+](=O)[O-])C=C3[N+](=O)[O-]. The molecule has 1 aliphatic carbocycles. The molecule has 4 N–H and O–H groups in total. The fourth-order valence-corrected chi connectivity index (χ4v) is 4.76. The fraction of sp³-hybridized carbons (Fsp3) is 0.438. The molecule has 21 nitrogen and oxygen atoms in total. The number of anilines is 1. The van der Waals surface area contributed by atoms with E-state index >= 15 is 0 Å². The Bertz CT molecular complexity index is 1440. The molecule has 2 aromatic rings. The van der Waals surface area contributed by atoms with Crippen molar-refractivity contribution in [2.45, 2.75) is 36.4 Å². The van der Waals surface area contributed by atoms with Crippen LogP contribution in [0.4, 0.5) is 5.82 Å². The number of rotatable bonds is 7. The van der Waals surface area contributed by atoms with Crippen LogP contribution in [0.15, 0.2) is 36.2 Å². The molecule has 202 valence electrons. The summed E-state index contributed by atoms with van der Waals surface area (Å²) in [5.41, 5.74) is 3.74. The van der Waals surface area contributed by atoms with Gasteiger partial charge in [-0.2, -0.15) is 0 Å². The Hall–Kier alpha value is -3.98. The van der Waals surface area contributed by atoms with E-state index in [1.807, 2.05) is 0 Å². The van der Waals surface area contributed by atoms with Gasteiger partial charge in [-0.15, -0.1) is 0 Å². The minimum atomic E-state index is -5.04. The van der Waals surface area contributed by atoms with E-state index in [1.165, 1.54) is 10.9 Å². The maximum atomic E-state index is 11.9. The van der Waals surface area contributed by atoms with Crippen LogP contribution in [0.25, 0.3) is 11.2 Å². The van der Waals surface area contributed by atoms with Crippen molar-refractivity contribution in [2.24, 2.45) is 0 Å². The van der Waals surface area contributed by atoms with Gasteiger partial charge in [-0.3, -0.25) is 39.4 Å². The summed E-state index contributed by atoms with van der Waals surface area (Å²) in [6, 6.07) is -1.94. The Balaban J connectivity index is 1.62. The minimum absolute atomic E-state index is 0.0139. The van der Waals surface area contributed by atoms with Gasteiger partial charge in [0.2, 0.25) is 0 Å². The van der Waals surface area contributed by atoms with Gasteiger partial charge in [-0.05, 0) is 0 Å². The van der Waals surface area contributed by atoms with Crippen molar-refractivity contribution in [3.8, 4) is 0 Å². The Labute approximate surface area is 208 Å². The van der Waals surface area contributed by atoms with Gasteiger partial charge in [0, 0.05) is 4.92 Å². The molecule has 2 aromatic heterocycles. The van der Waals surface area contributed by atoms with Crippen molar-refractivity contribution in [2.75, 3.05) is 12.3 Å². The molecule has 38 heavy (non-hydrogen) atoms. The van der Waals surface area contributed by atoms with Crippen LogP contribution in [0.3, 0.4) is 0 Å². The number of nitrogens with two attached hydrogens (primary N) is 1. The summed E-state index contributed by atoms with van der Waals surface area (Å²) in [6.07, 6.45) is -2.31. The molecule has 4 atom stereocenters. The molecule has 2 aliphatic heterocycles. The zero-order valence-electron chi connectivity index (χ0n) is 18.4. The highest BCUT2D eigenvalue weighted by Gasteiger charge is 2.71. The second-order valence-corrected chi connectivity index (χ2v) is 9.35. The Morgan fingerprint density at radius 1 is 1.08 bits per heavy atom. The topological polar surface area (TPSA) is 293 Å². The second kappa shape index (κ2) is 8.80. The van der Waals surface area contributed by atoms with Crippen molar-refractivity contribution in [3.05, 3.63) is 66.5 Å². The quantitative estimate of drug-likeness (QED) is 0.206. The first kappa shape index (κ1) is 25.7. The van der Waals surface area contributed by atoms with E-state index in [0.717, 1.165) is 6.33 Å². The molecule has 0 amide bonds. The number of imidazole rings is 1. The van der Waals surface area contributed by atoms with Gasteiger partial charge in [0.25, 0.3) is 6.04 Å². The highest BCUT2D eigenvalue weighted by Crippen LogP contribution is 2.51. The largest absolute Gasteiger partial charge is 0.469 e. The average molecular weight is 558 g/mol. The summed E-state index contributed by atoms with van der Waals surface area (Å²) in [5.74, 6) is -2.86. The zero-order valence-corrected chi connectivity index (χ0v) is 19.3. The number of phosphoric ester groups is 1. The highest BCUT2D eigenvalue weighted by atomic mass is 31.2. The molecule has 1 spiro atoms. The smallest absolute Gasteiger partial charge is 0.382 e. The molecule has 5 rings (SSSR count). The third kappa shape index (κ3) is 4.07. The molecule has 0 saturated carbocycles. The zero-order chi connectivity index (χ0) is 27.6. The summed E-state index contributed by atoms with van der Waals surface area (Å²) >= 11 is 0. The van der Waals surface area contributed by atoms with Crippen molar-refractivity contribution in [1.29, 1.82) is 0 Å². The number of hydrogen-bond acceptors (Lipinski definition) is 15. The molecular weight excluding hydrogens is 543 g/mol. The van der Waals surface area contributed by atoms with E-state index in [-0.39, 0.29) is 17.0 Å². The predicted molar refractivity (Wildman–Crippen MR) is 115 cm³/mol. The summed E-state index contributed by atoms with van der Waals surface area (Å²) in [7, 11) is -5.04. The van der Waals surface area contributed by atoms with E-state index in [4.69, 9.17) is 29.7 Å². The Morgan fingerprint density at radius 2 is 1.71 bits per heavy atom. The van der Waals surface area contributed by atoms with Crippen LogP contribution >= 0.6 is 7.82 Å². The molecule has 22 heteroatoms. The van der Waals surface area contributed by atoms with Crippen LogP contribution < -0.4 is 5.73 Å². The van der Waals surface area contributed by atoms with Crippen LogP contribution in [0.1, 0.15) is 6.23 Å². The second-order valence-electron chi connectivity index (χ2n) is 8.11. The third-order valence-electron chi connectivity index (χ3n) is 5.93. The first-order valence-electron chi connectivity index (χ1n) is 10.3. The number of nitro groups is 3. The molecule has 4 heterocycles. The van der Waals surface area contributed by atoms with E-state index < -0.39 is 77.0 Å². The maximum Gasteiger partial charge on any atom is 0.469 e. The number of nitrogens with zero attached hydrogens (tertiary/aromatic N) is 7. The molecule has 0 bridgehead atoms. The Kier molecular flexibility index (Phi) is 5.94. The number of aromatic nitrogens is 4. The van der Waals surface area contributed by atoms with Gasteiger partial charge in [0.15, 0.2) is 17.7 Å². The van der Waals surface area contributed by atoms with Crippen LogP contribution in [0.5, 0.6) is 0 Å². The van der Waals surface area contributed by atoms with Gasteiger partial charge < -0.3 is 29.7 Å². The predicted octanol–water partition coefficient (Wildman–Crippen LogP) is -1.12. The lowest BCUT2D eigenvalue weighted by molar-refractivity contribution is -0.522. The van der Waals surface area contributed by atoms with Crippen LogP contribution in [-0.4, -0.2) is 80.8 Å². The lowest BCUT2D eigenvalue weighted by Gasteiger charge is -2.28. The maximum absolute atomic E-state index is 11.9. The molecule has 0 radical (unpaired) electrons. The normalized spacial score (nSPS) is 30.7. The fourth-order valence-electron chi connectivity index (χ4n) is 4.42. The standard InChI is InChI=1S/C16H15N8O13P/c17-13-10-14(19-4-18-13)21(5-20-10)15-12-11(7(35-15)3-34-38(31,32)33)36-16(37-12)8(23(27)28)1-6(22(25)26)2-9(16)24(29)30/h1-2,4-7,11-12,15H,3H2,(H2,17,18,19)(H2,31,32,33)/t6?,7-,11-,12-,15-,16?/m1/s1. The van der Waals surface area contributed by atoms with Gasteiger partial charge in [0.1, 0.15) is 30.2 Å². The minimum Gasteiger partial charge on any atom is -0.382 e. The number of fused-ring (bicyclic) bond motifs is 2. The molecular formula is C16H15N8O13P. The van der Waals surface area contributed by atoms with Gasteiger partial charge in [0.05, 0.1) is 34.9 Å². The van der Waals surface area contributed by atoms with E-state index in [0.29, 0.717) is 12.2 Å². The first-order valence-corrected chi connectivity index (χ1v) is 11.9. The van der Waals surface area contributed by atoms with Gasteiger partial charge >= 0.3 is 25.0 Å². The number of nitrogen functional groups attached to an aromatic ring is 1. The summed E-state index contributed by atoms with van der Waals surface area (Å²) in [5, 5.41) is 35.2. The van der Waals surface area contributed by atoms with Gasteiger partial charge in [-0.1, -0.05) is 0 Å². The lowest BCUT2D eigenvalue weighted by Crippen LogP contribution is -2.47. The van der Waals surface area contributed by atoms with Gasteiger partial charge in [-0.25, -0.2) is 19.5 Å². The summed E-state index contributed by atoms with van der Waals surface area (Å²) in [4.78, 5) is 62.2. The van der Waals surface area contributed by atoms with E-state index in [2.05, 4.69) is 19.5 Å². The van der Waals surface area contributed by atoms with Crippen molar-refractivity contribution >= 4 is 24.8 Å². The summed E-state index contributed by atoms with van der Waals surface area (Å²) in [6.45, 7) is -0.836. The number of phosphoric acid groups is 1. The Morgan fingerprint density at radius 3 is 2.29 bits per heavy atom. The molecule has 0 unspecified atom stereocenters. The molecule has 2 fully saturated rings. The molecule has 2 saturated heterocycles. The molecule has 3 aliphatic rings. The molecule has 0 aromatic carbocycles. The van der Waals surface area contributed by atoms with Crippen LogP contribution in [0, 0.1) is 30.3 Å². The lowest BCUT2D eigenvalue weighted by atomic mass is 9.99. The third-order valence-corrected chi connectivity index (χ3v) is 6.41. The number of hydrogen-bond donors (Lipinski definition) is 3. The monoisotopic (exact) mass is 558 g/mol. The van der Waals surface area contributed by atoms with Crippen molar-refractivity contribution < 1.29 is 47.9 Å². The van der Waals surface area contributed by atoms with Crippen LogP contribution in [-0.2, 0) is 23.3 Å². The van der Waals surface area contributed by atoms with Crippen LogP contribution in [0.2, 0.25) is 0 Å². The van der Waals surface area contributed by atoms with E-state index in [1.54, 1.807) is 0 Å². The van der Waals surface area contributed by atoms with E-state index in [9.17, 15) is 34.9 Å². The van der Waals surface area contributed by atoms with Crippen molar-refractivity contribution in [3.63, 3.8) is 0 Å². The first-order chi connectivity index (χ1) is 17.8. The average Bonchev–Trinajstić information content (AvgIpc) is 3.50. The highest BCUT2D eigenvalue weighted by molar-refractivity contribution is 7.46. The summed E-state index contributed by atoms with van der Waals surface area (Å²) < 4.78 is 34.4.